The van der Waals surface area contributed by atoms with Crippen LogP contribution >= 0.6 is 22.7 Å². The van der Waals surface area contributed by atoms with Gasteiger partial charge in [0.1, 0.15) is 5.75 Å². The molecule has 0 radical (unpaired) electrons. The number of para-hydroxylation sites is 1. The smallest absolute Gasteiger partial charge is 0.355 e. The third-order valence-electron chi connectivity index (χ3n) is 8.46. The summed E-state index contributed by atoms with van der Waals surface area (Å²) in [5.74, 6) is 5.95. The minimum absolute atomic E-state index is 0.0697. The molecule has 16 heteroatoms. The van der Waals surface area contributed by atoms with Crippen molar-refractivity contribution in [1.29, 1.82) is 0 Å². The Morgan fingerprint density at radius 2 is 1.88 bits per heavy atom. The van der Waals surface area contributed by atoms with Gasteiger partial charge in [0.25, 0.3) is 0 Å². The van der Waals surface area contributed by atoms with Gasteiger partial charge >= 0.3 is 5.97 Å². The van der Waals surface area contributed by atoms with E-state index in [1.54, 1.807) is 24.1 Å². The highest BCUT2D eigenvalue weighted by atomic mass is 32.1. The number of anilines is 4. The van der Waals surface area contributed by atoms with Gasteiger partial charge in [0.2, 0.25) is 0 Å². The minimum Gasteiger partial charge on any atom is -0.497 e. The zero-order valence-electron chi connectivity index (χ0n) is 30.7. The number of aliphatic hydroxyl groups is 2. The van der Waals surface area contributed by atoms with Crippen molar-refractivity contribution < 1.29 is 34.0 Å². The molecule has 0 aliphatic rings. The molecular formula is C40H40FN7O6S2. The third-order valence-corrected chi connectivity index (χ3v) is 10.5. The number of nitrogens with zero attached hydrogens (tertiary/aromatic N) is 5. The van der Waals surface area contributed by atoms with Crippen LogP contribution in [0, 0.1) is 24.6 Å². The molecule has 56 heavy (non-hydrogen) atoms. The maximum Gasteiger partial charge on any atom is 0.355 e. The summed E-state index contributed by atoms with van der Waals surface area (Å²) in [5.41, 5.74) is 3.10. The van der Waals surface area contributed by atoms with Crippen LogP contribution in [0.4, 0.5) is 26.3 Å². The molecular weight excluding hydrogens is 758 g/mol. The molecule has 6 rings (SSSR count). The minimum atomic E-state index is -1.20. The maximum atomic E-state index is 14.9. The second kappa shape index (κ2) is 19.2. The van der Waals surface area contributed by atoms with Crippen LogP contribution in [0.3, 0.4) is 0 Å². The SMILES string of the molecule is COc1ccc(CNCC#Cc2ccc(OCCCc3sc(N(CCC(O)CO)c4cc(C)c(Nc5nc6ccccc6s5)nn4)nc3C(=O)O)c(F)c2)cc1. The van der Waals surface area contributed by atoms with Crippen LogP contribution in [0.1, 0.15) is 44.9 Å². The Hall–Kier alpha value is -5.70. The predicted octanol–water partition coefficient (Wildman–Crippen LogP) is 6.48. The van der Waals surface area contributed by atoms with E-state index in [1.807, 2.05) is 55.5 Å². The molecule has 0 aliphatic carbocycles. The fraction of sp³-hybridized carbons (Fsp3) is 0.275. The highest BCUT2D eigenvalue weighted by Crippen LogP contribution is 2.34. The van der Waals surface area contributed by atoms with Crippen LogP contribution < -0.4 is 25.0 Å². The number of ether oxygens (including phenoxy) is 2. The fourth-order valence-corrected chi connectivity index (χ4v) is 7.49. The van der Waals surface area contributed by atoms with E-state index >= 15 is 0 Å². The summed E-state index contributed by atoms with van der Waals surface area (Å²) in [6.45, 7) is 2.79. The Morgan fingerprint density at radius 1 is 1.05 bits per heavy atom. The molecule has 3 aromatic carbocycles. The third kappa shape index (κ3) is 10.5. The van der Waals surface area contributed by atoms with Crippen molar-refractivity contribution in [3.63, 3.8) is 0 Å². The summed E-state index contributed by atoms with van der Waals surface area (Å²) in [7, 11) is 1.62. The molecule has 0 bridgehead atoms. The molecule has 290 valence electrons. The largest absolute Gasteiger partial charge is 0.497 e. The quantitative estimate of drug-likeness (QED) is 0.0473. The topological polar surface area (TPSA) is 175 Å². The number of carboxylic acid groups (broad SMARTS) is 1. The molecule has 0 aliphatic heterocycles. The first-order chi connectivity index (χ1) is 27.2. The number of aliphatic hydroxyl groups excluding tert-OH is 2. The maximum absolute atomic E-state index is 14.9. The number of nitrogens with one attached hydrogen (secondary N) is 2. The van der Waals surface area contributed by atoms with Gasteiger partial charge in [0.05, 0.1) is 43.2 Å². The van der Waals surface area contributed by atoms with E-state index < -0.39 is 24.5 Å². The molecule has 0 fully saturated rings. The highest BCUT2D eigenvalue weighted by molar-refractivity contribution is 7.22. The number of rotatable bonds is 18. The fourth-order valence-electron chi connectivity index (χ4n) is 5.49. The van der Waals surface area contributed by atoms with Crippen molar-refractivity contribution >= 4 is 60.8 Å². The Labute approximate surface area is 330 Å². The summed E-state index contributed by atoms with van der Waals surface area (Å²) in [6, 6.07) is 21.8. The van der Waals surface area contributed by atoms with Crippen molar-refractivity contribution in [1.82, 2.24) is 25.5 Å². The number of thiazole rings is 2. The Bertz CT molecular complexity index is 2290. The van der Waals surface area contributed by atoms with Gasteiger partial charge in [-0.25, -0.2) is 19.2 Å². The van der Waals surface area contributed by atoms with Gasteiger partial charge in [-0.3, -0.25) is 0 Å². The number of methoxy groups -OCH3 is 1. The second-order valence-corrected chi connectivity index (χ2v) is 14.6. The van der Waals surface area contributed by atoms with Crippen LogP contribution in [0.2, 0.25) is 0 Å². The molecule has 3 aromatic heterocycles. The summed E-state index contributed by atoms with van der Waals surface area (Å²) in [5, 5.41) is 45.9. The zero-order chi connectivity index (χ0) is 39.4. The first kappa shape index (κ1) is 40.0. The standard InChI is InChI=1S/C40H40FN7O6S2/c1-25-21-35(46-47-37(25)45-39-43-31-8-3-4-9-33(31)55-39)48(19-17-28(50)24-49)40-44-36(38(51)52)34(56-40)10-6-20-54-32-16-13-26(22-30(32)41)7-5-18-42-23-27-11-14-29(53-2)15-12-27/h3-4,8-9,11-16,21-22,28,42,49-50H,6,10,17-20,23-24H2,1-2H3,(H,51,52)(H,43,45,47). The van der Waals surface area contributed by atoms with Crippen molar-refractivity contribution in [3.8, 4) is 23.3 Å². The predicted molar refractivity (Wildman–Crippen MR) is 215 cm³/mol. The number of benzene rings is 3. The van der Waals surface area contributed by atoms with Gasteiger partial charge in [0, 0.05) is 23.5 Å². The van der Waals surface area contributed by atoms with Crippen molar-refractivity contribution in [2.24, 2.45) is 0 Å². The van der Waals surface area contributed by atoms with E-state index in [2.05, 4.69) is 42.6 Å². The van der Waals surface area contributed by atoms with Gasteiger partial charge in [-0.15, -0.1) is 21.5 Å². The van der Waals surface area contributed by atoms with Crippen LogP contribution in [0.5, 0.6) is 11.5 Å². The van der Waals surface area contributed by atoms with Crippen molar-refractivity contribution in [3.05, 3.63) is 106 Å². The van der Waals surface area contributed by atoms with E-state index in [0.29, 0.717) is 58.3 Å². The molecule has 13 nitrogen and oxygen atoms in total. The van der Waals surface area contributed by atoms with Gasteiger partial charge in [-0.05, 0) is 85.8 Å². The molecule has 0 saturated heterocycles. The number of halogens is 1. The first-order valence-corrected chi connectivity index (χ1v) is 19.3. The van der Waals surface area contributed by atoms with Crippen LogP contribution in [-0.4, -0.2) is 81.0 Å². The average Bonchev–Trinajstić information content (AvgIpc) is 3.82. The van der Waals surface area contributed by atoms with Gasteiger partial charge in [-0.1, -0.05) is 47.4 Å². The number of aromatic nitrogens is 4. The van der Waals surface area contributed by atoms with E-state index in [9.17, 15) is 24.5 Å². The molecule has 1 unspecified atom stereocenters. The Balaban J connectivity index is 1.07. The van der Waals surface area contributed by atoms with Gasteiger partial charge in [0.15, 0.2) is 39.2 Å². The lowest BCUT2D eigenvalue weighted by Gasteiger charge is -2.22. The number of carboxylic acids is 1. The normalized spacial score (nSPS) is 11.5. The molecule has 0 amide bonds. The number of aryl methyl sites for hydroxylation is 2. The summed E-state index contributed by atoms with van der Waals surface area (Å²) in [6.07, 6.45) is -0.157. The van der Waals surface area contributed by atoms with E-state index in [-0.39, 0.29) is 31.0 Å². The Morgan fingerprint density at radius 3 is 2.61 bits per heavy atom. The van der Waals surface area contributed by atoms with Crippen molar-refractivity contribution in [2.45, 2.75) is 38.8 Å². The number of carbonyl (C=O) groups is 1. The number of hydrogen-bond acceptors (Lipinski definition) is 14. The molecule has 0 spiro atoms. The zero-order valence-corrected chi connectivity index (χ0v) is 32.3. The lowest BCUT2D eigenvalue weighted by Crippen LogP contribution is -2.25. The highest BCUT2D eigenvalue weighted by Gasteiger charge is 2.24. The Kier molecular flexibility index (Phi) is 13.7. The second-order valence-electron chi connectivity index (χ2n) is 12.5. The molecule has 3 heterocycles. The monoisotopic (exact) mass is 797 g/mol. The average molecular weight is 798 g/mol. The van der Waals surface area contributed by atoms with Gasteiger partial charge in [-0.2, -0.15) is 0 Å². The molecule has 0 saturated carbocycles. The summed E-state index contributed by atoms with van der Waals surface area (Å²) >= 11 is 2.66. The lowest BCUT2D eigenvalue weighted by molar-refractivity contribution is 0.0690. The number of fused-ring (bicyclic) bond motifs is 1. The number of aromatic carboxylic acids is 1. The van der Waals surface area contributed by atoms with E-state index in [1.165, 1.54) is 34.8 Å². The molecule has 1 atom stereocenters. The van der Waals surface area contributed by atoms with Crippen LogP contribution in [0.15, 0.2) is 72.8 Å². The van der Waals surface area contributed by atoms with Gasteiger partial charge < -0.3 is 40.3 Å². The van der Waals surface area contributed by atoms with Crippen LogP contribution in [-0.2, 0) is 13.0 Å². The lowest BCUT2D eigenvalue weighted by atomic mass is 10.2. The molecule has 5 N–H and O–H groups in total. The summed E-state index contributed by atoms with van der Waals surface area (Å²) in [4.78, 5) is 23.5. The molecule has 6 aromatic rings. The van der Waals surface area contributed by atoms with Crippen LogP contribution in [0.25, 0.3) is 10.2 Å². The van der Waals surface area contributed by atoms with E-state index in [4.69, 9.17) is 9.47 Å². The first-order valence-electron chi connectivity index (χ1n) is 17.7. The van der Waals surface area contributed by atoms with Crippen molar-refractivity contribution in [2.75, 3.05) is 43.6 Å². The van der Waals surface area contributed by atoms with E-state index in [0.717, 1.165) is 27.1 Å². The number of hydrogen-bond donors (Lipinski definition) is 5. The summed E-state index contributed by atoms with van der Waals surface area (Å²) < 4.78 is 26.8.